The molecule has 6 heterocycles. The van der Waals surface area contributed by atoms with Crippen LogP contribution in [-0.4, -0.2) is 106 Å². The molecule has 2 fully saturated rings. The second-order valence-electron chi connectivity index (χ2n) is 26.0. The fraction of sp³-hybridized carbons (Fsp3) is 0.256. The molecule has 0 N–H and O–H groups in total. The van der Waals surface area contributed by atoms with Crippen LogP contribution in [0, 0.1) is 63.1 Å². The van der Waals surface area contributed by atoms with Crippen LogP contribution < -0.4 is 38.4 Å². The minimum Gasteiger partial charge on any atom is -0.624 e. The monoisotopic (exact) mass is 1520 g/mol. The number of morpholine rings is 2. The predicted octanol–water partition coefficient (Wildman–Crippen LogP) is 15.0. The van der Waals surface area contributed by atoms with Crippen LogP contribution in [-0.2, 0) is 31.0 Å². The first-order chi connectivity index (χ1) is 51.8. The maximum atomic E-state index is 14.0. The number of carbonyl (C=O) groups is 2. The van der Waals surface area contributed by atoms with Crippen LogP contribution in [0.4, 0.5) is 22.7 Å². The van der Waals surface area contributed by atoms with Gasteiger partial charge in [0.25, 0.3) is 34.6 Å². The van der Waals surface area contributed by atoms with E-state index < -0.39 is 19.7 Å². The van der Waals surface area contributed by atoms with Gasteiger partial charge in [-0.3, -0.25) is 50.0 Å². The van der Waals surface area contributed by atoms with Gasteiger partial charge < -0.3 is 57.7 Å². The third kappa shape index (κ3) is 18.8. The molecule has 0 spiro atoms. The molecule has 31 heteroatoms. The van der Waals surface area contributed by atoms with E-state index in [1.165, 1.54) is 97.1 Å². The van der Waals surface area contributed by atoms with Gasteiger partial charge in [-0.05, 0) is 137 Å². The van der Waals surface area contributed by atoms with Crippen LogP contribution in [0.3, 0.4) is 0 Å². The number of hydrogen-bond donors (Lipinski definition) is 0. The molecular weight excluding hydrogens is 1450 g/mol. The molecule has 12 rings (SSSR count). The van der Waals surface area contributed by atoms with E-state index in [0.29, 0.717) is 86.7 Å². The topological polar surface area (TPSA) is 388 Å². The Hall–Kier alpha value is -13.1. The summed E-state index contributed by atoms with van der Waals surface area (Å²) in [5.74, 6) is 1.57. The Kier molecular flexibility index (Phi) is 25.1. The predicted molar refractivity (Wildman–Crippen MR) is 393 cm³/mol. The van der Waals surface area contributed by atoms with Crippen molar-refractivity contribution in [2.24, 2.45) is 9.98 Å². The number of nitro groups is 4. The van der Waals surface area contributed by atoms with Gasteiger partial charge in [-0.2, -0.15) is 10.5 Å². The molecular formula is C78H70CoN12O18. The molecule has 0 unspecified atom stereocenters. The molecule has 0 atom stereocenters. The zero-order valence-electron chi connectivity index (χ0n) is 60.0. The third-order valence-corrected chi connectivity index (χ3v) is 17.2. The Bertz CT molecular complexity index is 5030. The van der Waals surface area contributed by atoms with Crippen LogP contribution in [0.2, 0.25) is 0 Å². The molecule has 0 aliphatic carbocycles. The molecule has 2 saturated heterocycles. The molecule has 109 heavy (non-hydrogen) atoms. The van der Waals surface area contributed by atoms with Gasteiger partial charge in [0.05, 0.1) is 74.9 Å². The van der Waals surface area contributed by atoms with Crippen LogP contribution >= 0.6 is 0 Å². The van der Waals surface area contributed by atoms with E-state index in [2.05, 4.69) is 22.1 Å². The number of benzene rings is 6. The Labute approximate surface area is 634 Å². The summed E-state index contributed by atoms with van der Waals surface area (Å²) in [6.07, 6.45) is 4.80. The Morgan fingerprint density at radius 1 is 0.477 bits per heavy atom. The quantitative estimate of drug-likeness (QED) is 0.0345. The van der Waals surface area contributed by atoms with Gasteiger partial charge in [0, 0.05) is 92.5 Å². The second kappa shape index (κ2) is 34.9. The van der Waals surface area contributed by atoms with Crippen LogP contribution in [0.1, 0.15) is 134 Å². The number of nitriles is 2. The average molecular weight is 1520 g/mol. The van der Waals surface area contributed by atoms with E-state index in [4.69, 9.17) is 47.9 Å². The zero-order valence-corrected chi connectivity index (χ0v) is 61.1. The SMILES string of the molecule is CC(C)c1cc(C#N)cc(C(C)C)c1O/C(=C1\C=C(C(=O)N2CCOCC2)C(Oc2ccc([N+](=O)[O-])cc2)=N1)c1ccc(Oc2ccc([N+](=O)[O-])cc2)[n-]1.CC(C)c1cc(C#N)cc(C(C)C)c1O/C(=C1\C=CC(Oc2ccc([N+](=O)[O-])cc2)=N1)c1cc(C(=O)N2CCOCC2)c(Oc2ccc([N+](=O)[O-])cc2)[n-]1.[Co+2]. The van der Waals surface area contributed by atoms with Gasteiger partial charge in [0.2, 0.25) is 11.8 Å². The van der Waals surface area contributed by atoms with Gasteiger partial charge in [-0.1, -0.05) is 78.9 Å². The van der Waals surface area contributed by atoms with Gasteiger partial charge in [0.1, 0.15) is 63.0 Å². The molecule has 4 aliphatic heterocycles. The summed E-state index contributed by atoms with van der Waals surface area (Å²) in [5.41, 5.74) is 4.75. The molecule has 2 amide bonds. The number of aliphatic imine (C=N–C) groups is 2. The molecule has 0 saturated carbocycles. The number of rotatable bonds is 22. The van der Waals surface area contributed by atoms with Crippen LogP contribution in [0.25, 0.3) is 11.5 Å². The number of amides is 2. The maximum Gasteiger partial charge on any atom is 2.00 e. The van der Waals surface area contributed by atoms with E-state index in [0.717, 1.165) is 22.3 Å². The van der Waals surface area contributed by atoms with Crippen molar-refractivity contribution < 1.29 is 84.0 Å². The third-order valence-electron chi connectivity index (χ3n) is 17.2. The van der Waals surface area contributed by atoms with Gasteiger partial charge in [-0.25, -0.2) is 9.98 Å². The van der Waals surface area contributed by atoms with E-state index >= 15 is 0 Å². The summed E-state index contributed by atoms with van der Waals surface area (Å²) in [6.45, 7) is 18.7. The Morgan fingerprint density at radius 3 is 1.28 bits per heavy atom. The van der Waals surface area contributed by atoms with E-state index in [-0.39, 0.29) is 156 Å². The van der Waals surface area contributed by atoms with Crippen LogP contribution in [0.5, 0.6) is 46.3 Å². The van der Waals surface area contributed by atoms with Crippen LogP contribution in [0.15, 0.2) is 185 Å². The molecule has 1 radical (unpaired) electrons. The fourth-order valence-corrected chi connectivity index (χ4v) is 11.5. The number of non-ortho nitro benzene ring substituents is 4. The van der Waals surface area contributed by atoms with Gasteiger partial charge in [-0.15, -0.1) is 0 Å². The molecule has 0 bridgehead atoms. The molecule has 4 aliphatic rings. The average Bonchev–Trinajstić information content (AvgIpc) is 0.843. The largest absolute Gasteiger partial charge is 2.00 e. The van der Waals surface area contributed by atoms with Crippen molar-refractivity contribution in [2.75, 3.05) is 52.6 Å². The molecule has 2 aromatic heterocycles. The van der Waals surface area contributed by atoms with Crippen molar-refractivity contribution in [3.8, 4) is 58.4 Å². The summed E-state index contributed by atoms with van der Waals surface area (Å²) in [7, 11) is 0. The van der Waals surface area contributed by atoms with Crippen molar-refractivity contribution >= 4 is 57.9 Å². The number of hydrogen-bond acceptors (Lipinski definition) is 22. The number of nitrogens with zero attached hydrogens (tertiary/aromatic N) is 12. The summed E-state index contributed by atoms with van der Waals surface area (Å²) < 4.78 is 48.7. The Balaban J connectivity index is 0.000000230. The second-order valence-corrected chi connectivity index (χ2v) is 26.0. The first kappa shape index (κ1) is 78.5. The number of ether oxygens (including phenoxy) is 8. The van der Waals surface area contributed by atoms with Crippen molar-refractivity contribution in [1.82, 2.24) is 19.8 Å². The summed E-state index contributed by atoms with van der Waals surface area (Å²) in [5, 5.41) is 64.6. The zero-order chi connectivity index (χ0) is 77.0. The number of nitro benzene ring substituents is 4. The van der Waals surface area contributed by atoms with Gasteiger partial charge in [0.15, 0.2) is 0 Å². The van der Waals surface area contributed by atoms with E-state index in [1.54, 1.807) is 70.5 Å². The summed E-state index contributed by atoms with van der Waals surface area (Å²) in [6, 6.07) is 38.3. The molecule has 559 valence electrons. The van der Waals surface area contributed by atoms with E-state index in [9.17, 15) is 60.6 Å². The number of allylic oxidation sites excluding steroid dienone is 2. The summed E-state index contributed by atoms with van der Waals surface area (Å²) in [4.78, 5) is 93.0. The first-order valence-electron chi connectivity index (χ1n) is 34.2. The normalized spacial score (nSPS) is 14.8. The maximum absolute atomic E-state index is 14.0. The number of aromatic nitrogens is 2. The van der Waals surface area contributed by atoms with Gasteiger partial charge >= 0.3 is 16.8 Å². The van der Waals surface area contributed by atoms with Crippen molar-refractivity contribution in [1.29, 1.82) is 10.5 Å². The van der Waals surface area contributed by atoms with Crippen molar-refractivity contribution in [2.45, 2.75) is 79.1 Å². The molecule has 8 aromatic rings. The standard InChI is InChI=1S/2C39H36N6O9.Co/c2*1-23(2)30-19-25(22-40)20-31(24(3)4)36(30)54-37(33-13-14-35(41-33)52-28-9-5-26(6-10-28)44(47)48)34-21-32(39(46)43-15-17-51-18-16-43)38(42-34)53-29-11-7-27(8-12-29)45(49)50;/h2*5-14,19-21,23-24H,15-18H2,1-4H3,(H,41,42,46);/q;;+2/p-2. The smallest absolute Gasteiger partial charge is 0.624 e. The molecule has 30 nitrogen and oxygen atoms in total. The minimum absolute atomic E-state index is 0. The molecule has 6 aromatic carbocycles. The Morgan fingerprint density at radius 2 is 0.872 bits per heavy atom. The summed E-state index contributed by atoms with van der Waals surface area (Å²) >= 11 is 0. The number of carbonyl (C=O) groups excluding carboxylic acids is 2. The van der Waals surface area contributed by atoms with Crippen molar-refractivity contribution in [3.05, 3.63) is 266 Å². The minimum atomic E-state index is -0.527. The van der Waals surface area contributed by atoms with Crippen molar-refractivity contribution in [3.63, 3.8) is 0 Å². The fourth-order valence-electron chi connectivity index (χ4n) is 11.5. The van der Waals surface area contributed by atoms with E-state index in [1.807, 2.05) is 55.4 Å². The first-order valence-corrected chi connectivity index (χ1v) is 34.2.